The van der Waals surface area contributed by atoms with Crippen LogP contribution < -0.4 is 14.8 Å². The molecule has 3 aromatic carbocycles. The molecule has 182 valence electrons. The van der Waals surface area contributed by atoms with Crippen LogP contribution in [0.15, 0.2) is 77.7 Å². The van der Waals surface area contributed by atoms with Crippen LogP contribution in [0.4, 0.5) is 0 Å². The minimum Gasteiger partial charge on any atom is -0.486 e. The molecule has 6 nitrogen and oxygen atoms in total. The molecule has 1 N–H and O–H groups in total. The Morgan fingerprint density at radius 1 is 1.00 bits per heavy atom. The third-order valence-corrected chi connectivity index (χ3v) is 7.73. The standard InChI is InChI=1S/C29H27N3O3S/c1-2-32-27(29(33)30-22-14-17-36-25-11-7-6-10-21(22)25)26(31-28(32)19-8-4-3-5-9-19)20-12-13-23-24(18-20)35-16-15-34-23/h3-13,18,22H,2,14-17H2,1H3,(H,30,33). The van der Waals surface area contributed by atoms with Crippen molar-refractivity contribution in [3.05, 3.63) is 84.1 Å². The summed E-state index contributed by atoms with van der Waals surface area (Å²) in [7, 11) is 0. The van der Waals surface area contributed by atoms with Crippen LogP contribution in [0, 0.1) is 0 Å². The normalized spacial score (nSPS) is 16.3. The molecule has 3 heterocycles. The van der Waals surface area contributed by atoms with E-state index in [9.17, 15) is 4.79 Å². The molecule has 0 spiro atoms. The number of nitrogens with zero attached hydrogens (tertiary/aromatic N) is 2. The van der Waals surface area contributed by atoms with Gasteiger partial charge in [0, 0.05) is 28.3 Å². The van der Waals surface area contributed by atoms with Gasteiger partial charge in [-0.05, 0) is 43.2 Å². The maximum absolute atomic E-state index is 14.0. The first-order valence-electron chi connectivity index (χ1n) is 12.3. The van der Waals surface area contributed by atoms with Crippen molar-refractivity contribution in [2.45, 2.75) is 30.8 Å². The van der Waals surface area contributed by atoms with Gasteiger partial charge in [-0.3, -0.25) is 4.79 Å². The number of amides is 1. The van der Waals surface area contributed by atoms with E-state index in [0.717, 1.165) is 29.1 Å². The molecule has 2 aliphatic rings. The Balaban J connectivity index is 1.45. The molecular formula is C29H27N3O3S. The summed E-state index contributed by atoms with van der Waals surface area (Å²) in [6, 6.07) is 24.1. The average Bonchev–Trinajstić information content (AvgIpc) is 3.33. The lowest BCUT2D eigenvalue weighted by atomic mass is 10.0. The Labute approximate surface area is 214 Å². The number of benzene rings is 3. The zero-order chi connectivity index (χ0) is 24.5. The lowest BCUT2D eigenvalue weighted by Crippen LogP contribution is -2.32. The van der Waals surface area contributed by atoms with Gasteiger partial charge in [0.25, 0.3) is 5.91 Å². The van der Waals surface area contributed by atoms with Gasteiger partial charge in [0.15, 0.2) is 11.5 Å². The van der Waals surface area contributed by atoms with Crippen molar-refractivity contribution < 1.29 is 14.3 Å². The van der Waals surface area contributed by atoms with E-state index in [4.69, 9.17) is 14.5 Å². The highest BCUT2D eigenvalue weighted by atomic mass is 32.2. The summed E-state index contributed by atoms with van der Waals surface area (Å²) in [6.07, 6.45) is 0.887. The van der Waals surface area contributed by atoms with Gasteiger partial charge in [0.2, 0.25) is 0 Å². The smallest absolute Gasteiger partial charge is 0.270 e. The molecule has 0 radical (unpaired) electrons. The van der Waals surface area contributed by atoms with Crippen LogP contribution in [0.2, 0.25) is 0 Å². The van der Waals surface area contributed by atoms with Gasteiger partial charge in [0.05, 0.1) is 6.04 Å². The molecule has 4 aromatic rings. The number of hydrogen-bond donors (Lipinski definition) is 1. The maximum Gasteiger partial charge on any atom is 0.270 e. The Morgan fingerprint density at radius 3 is 2.61 bits per heavy atom. The van der Waals surface area contributed by atoms with Crippen molar-refractivity contribution in [2.75, 3.05) is 19.0 Å². The number of aromatic nitrogens is 2. The van der Waals surface area contributed by atoms with E-state index in [2.05, 4.69) is 17.4 Å². The lowest BCUT2D eigenvalue weighted by Gasteiger charge is -2.26. The zero-order valence-corrected chi connectivity index (χ0v) is 20.9. The van der Waals surface area contributed by atoms with Gasteiger partial charge in [-0.25, -0.2) is 4.98 Å². The first kappa shape index (κ1) is 22.7. The molecule has 0 bridgehead atoms. The molecule has 1 atom stereocenters. The van der Waals surface area contributed by atoms with E-state index >= 15 is 0 Å². The number of rotatable bonds is 5. The van der Waals surface area contributed by atoms with Crippen LogP contribution in [0.5, 0.6) is 11.5 Å². The summed E-state index contributed by atoms with van der Waals surface area (Å²) in [4.78, 5) is 20.3. The van der Waals surface area contributed by atoms with Crippen molar-refractivity contribution in [1.29, 1.82) is 0 Å². The van der Waals surface area contributed by atoms with Gasteiger partial charge in [0.1, 0.15) is 30.4 Å². The summed E-state index contributed by atoms with van der Waals surface area (Å²) in [6.45, 7) is 3.69. The lowest BCUT2D eigenvalue weighted by molar-refractivity contribution is 0.0926. The highest BCUT2D eigenvalue weighted by Gasteiger charge is 2.29. The number of fused-ring (bicyclic) bond motifs is 2. The summed E-state index contributed by atoms with van der Waals surface area (Å²) in [5.41, 5.74) is 4.17. The number of imidazole rings is 1. The number of hydrogen-bond acceptors (Lipinski definition) is 5. The average molecular weight is 498 g/mol. The van der Waals surface area contributed by atoms with E-state index in [1.807, 2.05) is 83.9 Å². The highest BCUT2D eigenvalue weighted by molar-refractivity contribution is 7.99. The molecule has 0 saturated heterocycles. The Hall–Kier alpha value is -3.71. The molecule has 1 unspecified atom stereocenters. The Morgan fingerprint density at radius 2 is 1.78 bits per heavy atom. The first-order chi connectivity index (χ1) is 17.7. The van der Waals surface area contributed by atoms with Gasteiger partial charge in [-0.15, -0.1) is 11.8 Å². The predicted octanol–water partition coefficient (Wildman–Crippen LogP) is 5.98. The maximum atomic E-state index is 14.0. The van der Waals surface area contributed by atoms with Crippen LogP contribution in [0.1, 0.15) is 35.4 Å². The number of thioether (sulfide) groups is 1. The molecule has 0 saturated carbocycles. The van der Waals surface area contributed by atoms with E-state index in [-0.39, 0.29) is 11.9 Å². The summed E-state index contributed by atoms with van der Waals surface area (Å²) >= 11 is 1.84. The SMILES string of the molecule is CCn1c(-c2ccccc2)nc(-c2ccc3c(c2)OCCO3)c1C(=O)NC1CCSc2ccccc21. The molecule has 2 aliphatic heterocycles. The quantitative estimate of drug-likeness (QED) is 0.368. The largest absolute Gasteiger partial charge is 0.486 e. The van der Waals surface area contributed by atoms with Crippen LogP contribution in [0.3, 0.4) is 0 Å². The second-order valence-electron chi connectivity index (χ2n) is 8.80. The number of carbonyl (C=O) groups is 1. The molecule has 1 aromatic heterocycles. The van der Waals surface area contributed by atoms with Gasteiger partial charge >= 0.3 is 0 Å². The number of carbonyl (C=O) groups excluding carboxylic acids is 1. The Bertz CT molecular complexity index is 1420. The van der Waals surface area contributed by atoms with Crippen molar-refractivity contribution in [3.63, 3.8) is 0 Å². The second kappa shape index (κ2) is 9.74. The highest BCUT2D eigenvalue weighted by Crippen LogP contribution is 2.39. The van der Waals surface area contributed by atoms with Crippen LogP contribution in [-0.4, -0.2) is 34.4 Å². The fourth-order valence-corrected chi connectivity index (χ4v) is 6.03. The fourth-order valence-electron chi connectivity index (χ4n) is 4.91. The zero-order valence-electron chi connectivity index (χ0n) is 20.1. The van der Waals surface area contributed by atoms with Crippen molar-refractivity contribution in [1.82, 2.24) is 14.9 Å². The third kappa shape index (κ3) is 4.13. The molecule has 6 rings (SSSR count). The summed E-state index contributed by atoms with van der Waals surface area (Å²) in [5.74, 6) is 3.01. The van der Waals surface area contributed by atoms with Gasteiger partial charge < -0.3 is 19.4 Å². The molecule has 7 heteroatoms. The van der Waals surface area contributed by atoms with E-state index in [0.29, 0.717) is 42.6 Å². The number of nitrogens with one attached hydrogen (secondary N) is 1. The number of ether oxygens (including phenoxy) is 2. The summed E-state index contributed by atoms with van der Waals surface area (Å²) in [5, 5.41) is 3.33. The van der Waals surface area contributed by atoms with Crippen molar-refractivity contribution in [2.24, 2.45) is 0 Å². The van der Waals surface area contributed by atoms with Crippen LogP contribution >= 0.6 is 11.8 Å². The molecule has 36 heavy (non-hydrogen) atoms. The van der Waals surface area contributed by atoms with Gasteiger partial charge in [-0.1, -0.05) is 48.5 Å². The molecule has 0 aliphatic carbocycles. The third-order valence-electron chi connectivity index (χ3n) is 6.61. The minimum absolute atomic E-state index is 0.0385. The second-order valence-corrected chi connectivity index (χ2v) is 9.94. The molecular weight excluding hydrogens is 470 g/mol. The summed E-state index contributed by atoms with van der Waals surface area (Å²) < 4.78 is 13.6. The monoisotopic (exact) mass is 497 g/mol. The molecule has 0 fully saturated rings. The first-order valence-corrected chi connectivity index (χ1v) is 13.3. The van der Waals surface area contributed by atoms with E-state index in [1.54, 1.807) is 0 Å². The fraction of sp³-hybridized carbons (Fsp3) is 0.241. The van der Waals surface area contributed by atoms with Gasteiger partial charge in [-0.2, -0.15) is 0 Å². The van der Waals surface area contributed by atoms with Crippen LogP contribution in [-0.2, 0) is 6.54 Å². The topological polar surface area (TPSA) is 65.4 Å². The van der Waals surface area contributed by atoms with Crippen LogP contribution in [0.25, 0.3) is 22.6 Å². The van der Waals surface area contributed by atoms with E-state index < -0.39 is 0 Å². The predicted molar refractivity (Wildman–Crippen MR) is 142 cm³/mol. The molecule has 1 amide bonds. The minimum atomic E-state index is -0.122. The van der Waals surface area contributed by atoms with Crippen molar-refractivity contribution >= 4 is 17.7 Å². The van der Waals surface area contributed by atoms with E-state index in [1.165, 1.54) is 10.5 Å². The Kier molecular flexibility index (Phi) is 6.15. The van der Waals surface area contributed by atoms with Crippen molar-refractivity contribution in [3.8, 4) is 34.1 Å².